The number of carbonyl (C=O) groups is 1. The van der Waals surface area contributed by atoms with Crippen LogP contribution >= 0.6 is 0 Å². The molecule has 1 fully saturated rings. The van der Waals surface area contributed by atoms with Crippen molar-refractivity contribution in [2.75, 3.05) is 0 Å². The van der Waals surface area contributed by atoms with Gasteiger partial charge in [-0.15, -0.1) is 0 Å². The van der Waals surface area contributed by atoms with Crippen LogP contribution in [0.5, 0.6) is 5.75 Å². The highest BCUT2D eigenvalue weighted by Crippen LogP contribution is 2.47. The van der Waals surface area contributed by atoms with Crippen molar-refractivity contribution in [1.29, 1.82) is 0 Å². The van der Waals surface area contributed by atoms with E-state index in [1.54, 1.807) is 6.07 Å². The molecular formula is C14H18O3. The molecule has 1 aromatic carbocycles. The highest BCUT2D eigenvalue weighted by atomic mass is 16.4. The number of hydrogen-bond donors (Lipinski definition) is 2. The van der Waals surface area contributed by atoms with Crippen molar-refractivity contribution >= 4 is 5.97 Å². The topological polar surface area (TPSA) is 57.5 Å². The van der Waals surface area contributed by atoms with Crippen molar-refractivity contribution in [3.63, 3.8) is 0 Å². The van der Waals surface area contributed by atoms with E-state index in [0.717, 1.165) is 37.7 Å². The molecule has 1 aliphatic carbocycles. The smallest absolute Gasteiger partial charge is 0.339 e. The van der Waals surface area contributed by atoms with E-state index in [9.17, 15) is 9.90 Å². The van der Waals surface area contributed by atoms with E-state index in [1.165, 1.54) is 6.07 Å². The Labute approximate surface area is 101 Å². The van der Waals surface area contributed by atoms with E-state index < -0.39 is 5.97 Å². The quantitative estimate of drug-likeness (QED) is 0.843. The number of aromatic hydroxyl groups is 1. The van der Waals surface area contributed by atoms with Crippen molar-refractivity contribution < 1.29 is 15.0 Å². The minimum absolute atomic E-state index is 0.0159. The van der Waals surface area contributed by atoms with Crippen LogP contribution in [0, 0.1) is 0 Å². The first-order valence-electron chi connectivity index (χ1n) is 6.16. The lowest BCUT2D eigenvalue weighted by Crippen LogP contribution is -2.21. The van der Waals surface area contributed by atoms with E-state index >= 15 is 0 Å². The monoisotopic (exact) mass is 234 g/mol. The van der Waals surface area contributed by atoms with Gasteiger partial charge in [0, 0.05) is 5.56 Å². The molecule has 0 spiro atoms. The minimum Gasteiger partial charge on any atom is -0.507 e. The minimum atomic E-state index is -1.06. The molecule has 0 aliphatic heterocycles. The lowest BCUT2D eigenvalue weighted by molar-refractivity contribution is 0.0693. The fourth-order valence-electron chi connectivity index (χ4n) is 3.01. The van der Waals surface area contributed by atoms with Crippen molar-refractivity contribution in [3.05, 3.63) is 29.3 Å². The fraction of sp³-hybridized carbons (Fsp3) is 0.500. The van der Waals surface area contributed by atoms with Gasteiger partial charge in [0.05, 0.1) is 0 Å². The maximum absolute atomic E-state index is 11.0. The third-order valence-electron chi connectivity index (χ3n) is 4.08. The Hall–Kier alpha value is -1.51. The lowest BCUT2D eigenvalue weighted by atomic mass is 9.75. The molecule has 0 amide bonds. The third-order valence-corrected chi connectivity index (χ3v) is 4.08. The van der Waals surface area contributed by atoms with Crippen molar-refractivity contribution in [2.45, 2.75) is 44.4 Å². The zero-order valence-corrected chi connectivity index (χ0v) is 10.1. The predicted molar refractivity (Wildman–Crippen MR) is 65.5 cm³/mol. The summed E-state index contributed by atoms with van der Waals surface area (Å²) < 4.78 is 0. The molecule has 0 heterocycles. The molecule has 1 aliphatic rings. The van der Waals surface area contributed by atoms with Gasteiger partial charge in [0.1, 0.15) is 11.3 Å². The Bertz CT molecular complexity index is 431. The summed E-state index contributed by atoms with van der Waals surface area (Å²) in [7, 11) is 0. The number of aromatic carboxylic acids is 1. The van der Waals surface area contributed by atoms with Crippen LogP contribution < -0.4 is 0 Å². The van der Waals surface area contributed by atoms with E-state index in [-0.39, 0.29) is 16.7 Å². The zero-order valence-electron chi connectivity index (χ0n) is 10.1. The third kappa shape index (κ3) is 1.90. The second kappa shape index (κ2) is 4.40. The maximum atomic E-state index is 11.0. The molecule has 3 nitrogen and oxygen atoms in total. The van der Waals surface area contributed by atoms with E-state index in [4.69, 9.17) is 5.11 Å². The first kappa shape index (κ1) is 12.0. The Balaban J connectivity index is 2.51. The molecule has 1 aromatic rings. The van der Waals surface area contributed by atoms with Crippen LogP contribution in [0.1, 0.15) is 54.9 Å². The van der Waals surface area contributed by atoms with Crippen LogP contribution in [0.2, 0.25) is 0 Å². The number of para-hydroxylation sites is 1. The predicted octanol–water partition coefficient (Wildman–Crippen LogP) is 3.31. The molecule has 0 atom stereocenters. The number of hydrogen-bond acceptors (Lipinski definition) is 2. The molecule has 3 heteroatoms. The summed E-state index contributed by atoms with van der Waals surface area (Å²) >= 11 is 0. The van der Waals surface area contributed by atoms with Crippen LogP contribution in [-0.2, 0) is 5.41 Å². The fourth-order valence-corrected chi connectivity index (χ4v) is 3.01. The number of benzene rings is 1. The summed E-state index contributed by atoms with van der Waals surface area (Å²) in [5.74, 6) is -1.10. The molecule has 1 saturated carbocycles. The van der Waals surface area contributed by atoms with Gasteiger partial charge in [-0.25, -0.2) is 4.79 Å². The molecule has 0 aromatic heterocycles. The first-order chi connectivity index (χ1) is 8.10. The van der Waals surface area contributed by atoms with E-state index in [1.807, 2.05) is 6.07 Å². The molecule has 0 bridgehead atoms. The summed E-state index contributed by atoms with van der Waals surface area (Å²) in [5.41, 5.74) is 0.815. The van der Waals surface area contributed by atoms with E-state index in [2.05, 4.69) is 6.92 Å². The lowest BCUT2D eigenvalue weighted by Gasteiger charge is -2.29. The van der Waals surface area contributed by atoms with Gasteiger partial charge in [-0.2, -0.15) is 0 Å². The Kier molecular flexibility index (Phi) is 3.09. The molecule has 2 N–H and O–H groups in total. The van der Waals surface area contributed by atoms with E-state index in [0.29, 0.717) is 0 Å². The molecule has 0 radical (unpaired) electrons. The van der Waals surface area contributed by atoms with Crippen LogP contribution in [0.3, 0.4) is 0 Å². The molecule has 0 unspecified atom stereocenters. The van der Waals surface area contributed by atoms with Crippen LogP contribution in [0.4, 0.5) is 0 Å². The van der Waals surface area contributed by atoms with Gasteiger partial charge in [0.2, 0.25) is 0 Å². The summed E-state index contributed by atoms with van der Waals surface area (Å²) in [4.78, 5) is 11.0. The average molecular weight is 234 g/mol. The van der Waals surface area contributed by atoms with Gasteiger partial charge in [0.25, 0.3) is 0 Å². The van der Waals surface area contributed by atoms with Gasteiger partial charge in [-0.1, -0.05) is 31.9 Å². The molecule has 0 saturated heterocycles. The van der Waals surface area contributed by atoms with Crippen LogP contribution in [-0.4, -0.2) is 16.2 Å². The number of rotatable bonds is 3. The standard InChI is InChI=1S/C14H18O3/c1-2-14(8-3-4-9-14)11-7-5-6-10(12(11)15)13(16)17/h5-7,15H,2-4,8-9H2,1H3,(H,16,17). The summed E-state index contributed by atoms with van der Waals surface area (Å²) in [6, 6.07) is 5.06. The van der Waals surface area contributed by atoms with Gasteiger partial charge in [0.15, 0.2) is 0 Å². The second-order valence-electron chi connectivity index (χ2n) is 4.85. The Morgan fingerprint density at radius 3 is 2.53 bits per heavy atom. The van der Waals surface area contributed by atoms with Crippen LogP contribution in [0.15, 0.2) is 18.2 Å². The molecule has 17 heavy (non-hydrogen) atoms. The SMILES string of the molecule is CCC1(c2cccc(C(=O)O)c2O)CCCC1. The van der Waals surface area contributed by atoms with Crippen molar-refractivity contribution in [2.24, 2.45) is 0 Å². The number of carboxylic acids is 1. The van der Waals surface area contributed by atoms with Gasteiger partial charge >= 0.3 is 5.97 Å². The Morgan fingerprint density at radius 2 is 2.00 bits per heavy atom. The Morgan fingerprint density at radius 1 is 1.35 bits per heavy atom. The zero-order chi connectivity index (χ0) is 12.5. The van der Waals surface area contributed by atoms with Gasteiger partial charge < -0.3 is 10.2 Å². The highest BCUT2D eigenvalue weighted by Gasteiger charge is 2.36. The largest absolute Gasteiger partial charge is 0.507 e. The average Bonchev–Trinajstić information content (AvgIpc) is 2.78. The van der Waals surface area contributed by atoms with Crippen molar-refractivity contribution in [1.82, 2.24) is 0 Å². The van der Waals surface area contributed by atoms with Crippen LogP contribution in [0.25, 0.3) is 0 Å². The highest BCUT2D eigenvalue weighted by molar-refractivity contribution is 5.91. The molecule has 92 valence electrons. The normalized spacial score (nSPS) is 18.2. The van der Waals surface area contributed by atoms with Crippen molar-refractivity contribution in [3.8, 4) is 5.75 Å². The maximum Gasteiger partial charge on any atom is 0.339 e. The first-order valence-corrected chi connectivity index (χ1v) is 6.16. The van der Waals surface area contributed by atoms with Gasteiger partial charge in [-0.3, -0.25) is 0 Å². The number of carboxylic acid groups (broad SMARTS) is 1. The molecular weight excluding hydrogens is 216 g/mol. The summed E-state index contributed by atoms with van der Waals surface area (Å²) in [6.07, 6.45) is 5.35. The van der Waals surface area contributed by atoms with Gasteiger partial charge in [-0.05, 0) is 30.7 Å². The number of phenols is 1. The summed E-state index contributed by atoms with van der Waals surface area (Å²) in [5, 5.41) is 19.2. The molecule has 2 rings (SSSR count). The summed E-state index contributed by atoms with van der Waals surface area (Å²) in [6.45, 7) is 2.11. The second-order valence-corrected chi connectivity index (χ2v) is 4.85.